The van der Waals surface area contributed by atoms with E-state index in [4.69, 9.17) is 21.1 Å². The predicted molar refractivity (Wildman–Crippen MR) is 80.3 cm³/mol. The Bertz CT molecular complexity index is 672. The largest absolute Gasteiger partial charge is 0.486 e. The molecular formula is C14H14ClN3O2S. The summed E-state index contributed by atoms with van der Waals surface area (Å²) in [5, 5.41) is 9.76. The second-order valence-corrected chi connectivity index (χ2v) is 6.49. The van der Waals surface area contributed by atoms with Gasteiger partial charge in [0.1, 0.15) is 19.5 Å². The van der Waals surface area contributed by atoms with Crippen molar-refractivity contribution in [3.05, 3.63) is 29.0 Å². The number of aromatic nitrogens is 3. The lowest BCUT2D eigenvalue weighted by Crippen LogP contribution is -2.15. The van der Waals surface area contributed by atoms with Crippen molar-refractivity contribution in [1.82, 2.24) is 14.8 Å². The molecule has 0 unspecified atom stereocenters. The molecule has 1 aromatic heterocycles. The van der Waals surface area contributed by atoms with Crippen LogP contribution < -0.4 is 9.47 Å². The van der Waals surface area contributed by atoms with Crippen LogP contribution in [0.3, 0.4) is 0 Å². The molecule has 110 valence electrons. The lowest BCUT2D eigenvalue weighted by Gasteiger charge is -2.20. The van der Waals surface area contributed by atoms with E-state index in [0.717, 1.165) is 22.2 Å². The topological polar surface area (TPSA) is 49.2 Å². The highest BCUT2D eigenvalue weighted by molar-refractivity contribution is 7.98. The van der Waals surface area contributed by atoms with Crippen LogP contribution in [0, 0.1) is 0 Å². The highest BCUT2D eigenvalue weighted by Gasteiger charge is 2.26. The van der Waals surface area contributed by atoms with Crippen LogP contribution in [0.4, 0.5) is 0 Å². The van der Waals surface area contributed by atoms with Gasteiger partial charge in [-0.25, -0.2) is 0 Å². The first-order valence-electron chi connectivity index (χ1n) is 6.91. The maximum Gasteiger partial charge on any atom is 0.191 e. The third kappa shape index (κ3) is 2.70. The standard InChI is InChI=1S/C14H14ClN3O2S/c15-11-5-9(6-12-13(11)20-4-3-19-12)7-21-14-17-16-8-18(14)10-1-2-10/h5-6,8,10H,1-4,7H2. The smallest absolute Gasteiger partial charge is 0.191 e. The molecule has 2 aromatic rings. The highest BCUT2D eigenvalue weighted by atomic mass is 35.5. The van der Waals surface area contributed by atoms with E-state index in [2.05, 4.69) is 14.8 Å². The Morgan fingerprint density at radius 3 is 3.00 bits per heavy atom. The van der Waals surface area contributed by atoms with Crippen molar-refractivity contribution in [2.24, 2.45) is 0 Å². The molecule has 21 heavy (non-hydrogen) atoms. The normalized spacial score (nSPS) is 17.0. The number of hydrogen-bond acceptors (Lipinski definition) is 5. The Labute approximate surface area is 131 Å². The Kier molecular flexibility index (Phi) is 3.43. The third-order valence-corrected chi connectivity index (χ3v) is 4.81. The molecule has 7 heteroatoms. The van der Waals surface area contributed by atoms with E-state index in [0.29, 0.717) is 30.0 Å². The molecule has 1 aliphatic carbocycles. The zero-order valence-electron chi connectivity index (χ0n) is 11.3. The Morgan fingerprint density at radius 1 is 1.29 bits per heavy atom. The number of thioether (sulfide) groups is 1. The summed E-state index contributed by atoms with van der Waals surface area (Å²) < 4.78 is 13.3. The van der Waals surface area contributed by atoms with Gasteiger partial charge < -0.3 is 14.0 Å². The molecule has 1 fully saturated rings. The van der Waals surface area contributed by atoms with Crippen LogP contribution in [-0.4, -0.2) is 28.0 Å². The van der Waals surface area contributed by atoms with E-state index in [1.54, 1.807) is 11.8 Å². The third-order valence-electron chi connectivity index (χ3n) is 3.51. The fourth-order valence-corrected chi connectivity index (χ4v) is 3.53. The van der Waals surface area contributed by atoms with Crippen LogP contribution in [-0.2, 0) is 5.75 Å². The van der Waals surface area contributed by atoms with Gasteiger partial charge in [-0.15, -0.1) is 10.2 Å². The van der Waals surface area contributed by atoms with Gasteiger partial charge >= 0.3 is 0 Å². The van der Waals surface area contributed by atoms with Crippen molar-refractivity contribution in [1.29, 1.82) is 0 Å². The van der Waals surface area contributed by atoms with Crippen molar-refractivity contribution in [3.8, 4) is 11.5 Å². The van der Waals surface area contributed by atoms with Gasteiger partial charge in [0, 0.05) is 11.8 Å². The minimum absolute atomic E-state index is 0.547. The molecule has 0 spiro atoms. The number of hydrogen-bond donors (Lipinski definition) is 0. The molecule has 0 N–H and O–H groups in total. The molecule has 0 bridgehead atoms. The fourth-order valence-electron chi connectivity index (χ4n) is 2.33. The molecule has 5 nitrogen and oxygen atoms in total. The fraction of sp³-hybridized carbons (Fsp3) is 0.429. The molecule has 4 rings (SSSR count). The Balaban J connectivity index is 1.52. The predicted octanol–water partition coefficient (Wildman–Crippen LogP) is 3.33. The number of nitrogens with zero attached hydrogens (tertiary/aromatic N) is 3. The molecule has 0 saturated heterocycles. The summed E-state index contributed by atoms with van der Waals surface area (Å²) in [6, 6.07) is 4.51. The van der Waals surface area contributed by atoms with Crippen LogP contribution in [0.25, 0.3) is 0 Å². The monoisotopic (exact) mass is 323 g/mol. The van der Waals surface area contributed by atoms with Crippen LogP contribution in [0.2, 0.25) is 5.02 Å². The number of fused-ring (bicyclic) bond motifs is 1. The van der Waals surface area contributed by atoms with Gasteiger partial charge in [-0.3, -0.25) is 0 Å². The van der Waals surface area contributed by atoms with Crippen LogP contribution in [0.5, 0.6) is 11.5 Å². The quantitative estimate of drug-likeness (QED) is 0.808. The lowest BCUT2D eigenvalue weighted by molar-refractivity contribution is 0.171. The van der Waals surface area contributed by atoms with Crippen molar-refractivity contribution in [3.63, 3.8) is 0 Å². The maximum atomic E-state index is 6.25. The lowest BCUT2D eigenvalue weighted by atomic mass is 10.2. The average molecular weight is 324 g/mol. The second-order valence-electron chi connectivity index (χ2n) is 5.14. The van der Waals surface area contributed by atoms with Crippen molar-refractivity contribution in [2.45, 2.75) is 29.8 Å². The summed E-state index contributed by atoms with van der Waals surface area (Å²) in [4.78, 5) is 0. The molecular weight excluding hydrogens is 310 g/mol. The van der Waals surface area contributed by atoms with Gasteiger partial charge in [-0.2, -0.15) is 0 Å². The van der Waals surface area contributed by atoms with Crippen molar-refractivity contribution in [2.75, 3.05) is 13.2 Å². The van der Waals surface area contributed by atoms with Crippen LogP contribution >= 0.6 is 23.4 Å². The number of ether oxygens (including phenoxy) is 2. The van der Waals surface area contributed by atoms with E-state index in [9.17, 15) is 0 Å². The van der Waals surface area contributed by atoms with E-state index in [1.807, 2.05) is 18.5 Å². The summed E-state index contributed by atoms with van der Waals surface area (Å²) in [5.74, 6) is 2.16. The van der Waals surface area contributed by atoms with Gasteiger partial charge in [0.2, 0.25) is 0 Å². The van der Waals surface area contributed by atoms with Gasteiger partial charge in [0.15, 0.2) is 16.7 Å². The molecule has 1 aliphatic heterocycles. The molecule has 1 saturated carbocycles. The molecule has 2 heterocycles. The first-order valence-corrected chi connectivity index (χ1v) is 8.28. The summed E-state index contributed by atoms with van der Waals surface area (Å²) in [6.45, 7) is 1.11. The Hall–Kier alpha value is -1.40. The zero-order valence-corrected chi connectivity index (χ0v) is 12.9. The summed E-state index contributed by atoms with van der Waals surface area (Å²) in [6.07, 6.45) is 4.26. The van der Waals surface area contributed by atoms with Crippen molar-refractivity contribution >= 4 is 23.4 Å². The summed E-state index contributed by atoms with van der Waals surface area (Å²) in [7, 11) is 0. The van der Waals surface area contributed by atoms with Crippen molar-refractivity contribution < 1.29 is 9.47 Å². The minimum Gasteiger partial charge on any atom is -0.486 e. The molecule has 1 aromatic carbocycles. The van der Waals surface area contributed by atoms with Crippen LogP contribution in [0.1, 0.15) is 24.4 Å². The number of benzene rings is 1. The first-order chi connectivity index (χ1) is 10.3. The minimum atomic E-state index is 0.547. The maximum absolute atomic E-state index is 6.25. The van der Waals surface area contributed by atoms with E-state index >= 15 is 0 Å². The molecule has 0 atom stereocenters. The number of rotatable bonds is 4. The summed E-state index contributed by atoms with van der Waals surface area (Å²) in [5.41, 5.74) is 1.10. The van der Waals surface area contributed by atoms with Gasteiger partial charge in [0.25, 0.3) is 0 Å². The molecule has 2 aliphatic rings. The molecule has 0 radical (unpaired) electrons. The van der Waals surface area contributed by atoms with E-state index < -0.39 is 0 Å². The zero-order chi connectivity index (χ0) is 14.2. The van der Waals surface area contributed by atoms with E-state index in [-0.39, 0.29) is 0 Å². The van der Waals surface area contributed by atoms with Gasteiger partial charge in [-0.1, -0.05) is 23.4 Å². The highest BCUT2D eigenvalue weighted by Crippen LogP contribution is 2.41. The number of halogens is 1. The SMILES string of the molecule is Clc1cc(CSc2nncn2C2CC2)cc2c1OCCO2. The van der Waals surface area contributed by atoms with Gasteiger partial charge in [0.05, 0.1) is 5.02 Å². The average Bonchev–Trinajstić information content (AvgIpc) is 3.24. The Morgan fingerprint density at radius 2 is 2.14 bits per heavy atom. The first kappa shape index (κ1) is 13.3. The second kappa shape index (κ2) is 5.42. The van der Waals surface area contributed by atoms with Crippen LogP contribution in [0.15, 0.2) is 23.6 Å². The summed E-state index contributed by atoms with van der Waals surface area (Å²) >= 11 is 7.92. The van der Waals surface area contributed by atoms with Gasteiger partial charge in [-0.05, 0) is 30.5 Å². The molecule has 0 amide bonds. The van der Waals surface area contributed by atoms with E-state index in [1.165, 1.54) is 12.8 Å².